The topological polar surface area (TPSA) is 40.2 Å². The molecule has 0 aliphatic carbocycles. The van der Waals surface area contributed by atoms with Crippen LogP contribution >= 0.6 is 0 Å². The quantitative estimate of drug-likeness (QED) is 0.764. The lowest BCUT2D eigenvalue weighted by molar-refractivity contribution is -0.152. The van der Waals surface area contributed by atoms with E-state index in [2.05, 4.69) is 12.1 Å². The van der Waals surface area contributed by atoms with Crippen LogP contribution < -0.4 is 0 Å². The number of hydrogen-bond donors (Lipinski definition) is 0. The normalized spacial score (nSPS) is 32.4. The second-order valence-electron chi connectivity index (χ2n) is 5.51. The van der Waals surface area contributed by atoms with E-state index in [0.29, 0.717) is 13.2 Å². The van der Waals surface area contributed by atoms with Crippen LogP contribution in [0.5, 0.6) is 0 Å². The molecular formula is C15H20O4. The molecule has 19 heavy (non-hydrogen) atoms. The van der Waals surface area contributed by atoms with Crippen molar-refractivity contribution in [3.8, 4) is 0 Å². The molecule has 0 aromatic heterocycles. The second kappa shape index (κ2) is 5.21. The fourth-order valence-electron chi connectivity index (χ4n) is 2.42. The maximum atomic E-state index is 5.87. The molecule has 0 radical (unpaired) electrons. The molecule has 4 heteroatoms. The Morgan fingerprint density at radius 3 is 2.63 bits per heavy atom. The number of epoxide rings is 1. The van der Waals surface area contributed by atoms with Gasteiger partial charge < -0.3 is 18.9 Å². The third-order valence-electron chi connectivity index (χ3n) is 3.34. The van der Waals surface area contributed by atoms with Crippen molar-refractivity contribution in [2.45, 2.75) is 44.6 Å². The van der Waals surface area contributed by atoms with E-state index in [4.69, 9.17) is 18.9 Å². The van der Waals surface area contributed by atoms with Gasteiger partial charge in [0.15, 0.2) is 5.79 Å². The molecule has 0 N–H and O–H groups in total. The molecule has 2 aliphatic rings. The highest BCUT2D eigenvalue weighted by Gasteiger charge is 2.49. The van der Waals surface area contributed by atoms with Crippen LogP contribution in [0, 0.1) is 0 Å². The molecule has 1 aromatic rings. The Hall–Kier alpha value is -0.940. The van der Waals surface area contributed by atoms with Gasteiger partial charge in [0.05, 0.1) is 19.8 Å². The minimum Gasteiger partial charge on any atom is -0.374 e. The second-order valence-corrected chi connectivity index (χ2v) is 5.51. The Labute approximate surface area is 113 Å². The van der Waals surface area contributed by atoms with E-state index < -0.39 is 5.79 Å². The van der Waals surface area contributed by atoms with E-state index in [1.807, 2.05) is 32.0 Å². The van der Waals surface area contributed by atoms with E-state index >= 15 is 0 Å². The molecule has 0 amide bonds. The lowest BCUT2D eigenvalue weighted by Gasteiger charge is -2.16. The highest BCUT2D eigenvalue weighted by molar-refractivity contribution is 5.13. The van der Waals surface area contributed by atoms with Gasteiger partial charge in [-0.1, -0.05) is 30.3 Å². The number of ether oxygens (including phenoxy) is 4. The smallest absolute Gasteiger partial charge is 0.164 e. The standard InChI is InChI=1S/C15H20O4/c1-15(2)18-13(14(19-15)12-10-17-12)9-16-8-11-6-4-3-5-7-11/h3-7,12-14H,8-10H2,1-2H3/t12-,13-,14+/m0/s1. The summed E-state index contributed by atoms with van der Waals surface area (Å²) < 4.78 is 22.8. The van der Waals surface area contributed by atoms with Crippen molar-refractivity contribution in [1.82, 2.24) is 0 Å². The predicted molar refractivity (Wildman–Crippen MR) is 69.7 cm³/mol. The molecule has 0 spiro atoms. The van der Waals surface area contributed by atoms with Crippen molar-refractivity contribution < 1.29 is 18.9 Å². The molecule has 2 saturated heterocycles. The Balaban J connectivity index is 1.51. The van der Waals surface area contributed by atoms with Gasteiger partial charge in [0.2, 0.25) is 0 Å². The summed E-state index contributed by atoms with van der Waals surface area (Å²) in [4.78, 5) is 0. The van der Waals surface area contributed by atoms with Gasteiger partial charge in [-0.25, -0.2) is 0 Å². The van der Waals surface area contributed by atoms with Crippen molar-refractivity contribution in [2.24, 2.45) is 0 Å². The van der Waals surface area contributed by atoms with Crippen LogP contribution in [0.4, 0.5) is 0 Å². The van der Waals surface area contributed by atoms with Gasteiger partial charge in [-0.05, 0) is 19.4 Å². The molecule has 0 saturated carbocycles. The van der Waals surface area contributed by atoms with Gasteiger partial charge >= 0.3 is 0 Å². The predicted octanol–water partition coefficient (Wildman–Crippen LogP) is 2.12. The third kappa shape index (κ3) is 3.34. The molecule has 3 atom stereocenters. The first-order chi connectivity index (χ1) is 9.14. The Morgan fingerprint density at radius 2 is 1.95 bits per heavy atom. The molecule has 2 aliphatic heterocycles. The molecule has 104 valence electrons. The van der Waals surface area contributed by atoms with Crippen molar-refractivity contribution >= 4 is 0 Å². The van der Waals surface area contributed by atoms with Crippen LogP contribution in [-0.2, 0) is 25.6 Å². The van der Waals surface area contributed by atoms with Crippen LogP contribution in [0.3, 0.4) is 0 Å². The van der Waals surface area contributed by atoms with E-state index in [1.54, 1.807) is 0 Å². The minimum absolute atomic E-state index is 0.00854. The van der Waals surface area contributed by atoms with Gasteiger partial charge in [-0.2, -0.15) is 0 Å². The molecule has 3 rings (SSSR count). The van der Waals surface area contributed by atoms with E-state index in [1.165, 1.54) is 5.56 Å². The maximum absolute atomic E-state index is 5.87. The zero-order chi connectivity index (χ0) is 13.3. The lowest BCUT2D eigenvalue weighted by atomic mass is 10.1. The van der Waals surface area contributed by atoms with Crippen molar-refractivity contribution in [1.29, 1.82) is 0 Å². The Kier molecular flexibility index (Phi) is 3.58. The fraction of sp³-hybridized carbons (Fsp3) is 0.600. The van der Waals surface area contributed by atoms with Crippen LogP contribution in [0.1, 0.15) is 19.4 Å². The summed E-state index contributed by atoms with van der Waals surface area (Å²) in [6, 6.07) is 10.1. The van der Waals surface area contributed by atoms with Crippen LogP contribution in [0.2, 0.25) is 0 Å². The molecule has 0 bridgehead atoms. The summed E-state index contributed by atoms with van der Waals surface area (Å²) in [5.41, 5.74) is 1.17. The van der Waals surface area contributed by atoms with Gasteiger partial charge in [-0.15, -0.1) is 0 Å². The monoisotopic (exact) mass is 264 g/mol. The average molecular weight is 264 g/mol. The first-order valence-corrected chi connectivity index (χ1v) is 6.73. The SMILES string of the molecule is CC1(C)O[C@H]([C@@H]2CO2)[C@H](COCc2ccccc2)O1. The molecule has 1 aromatic carbocycles. The van der Waals surface area contributed by atoms with E-state index in [9.17, 15) is 0 Å². The van der Waals surface area contributed by atoms with Crippen LogP contribution in [0.15, 0.2) is 30.3 Å². The van der Waals surface area contributed by atoms with Crippen molar-refractivity contribution in [3.05, 3.63) is 35.9 Å². The lowest BCUT2D eigenvalue weighted by Crippen LogP contribution is -2.32. The molecular weight excluding hydrogens is 244 g/mol. The van der Waals surface area contributed by atoms with Crippen molar-refractivity contribution in [3.63, 3.8) is 0 Å². The highest BCUT2D eigenvalue weighted by atomic mass is 16.8. The number of benzene rings is 1. The summed E-state index contributed by atoms with van der Waals surface area (Å²) >= 11 is 0. The largest absolute Gasteiger partial charge is 0.374 e. The van der Waals surface area contributed by atoms with E-state index in [0.717, 1.165) is 6.61 Å². The first kappa shape index (κ1) is 13.1. The van der Waals surface area contributed by atoms with E-state index in [-0.39, 0.29) is 18.3 Å². The highest BCUT2D eigenvalue weighted by Crippen LogP contribution is 2.34. The Bertz CT molecular complexity index is 413. The molecule has 2 heterocycles. The molecule has 4 nitrogen and oxygen atoms in total. The number of hydrogen-bond acceptors (Lipinski definition) is 4. The van der Waals surface area contributed by atoms with Crippen LogP contribution in [-0.4, -0.2) is 37.3 Å². The molecule has 0 unspecified atom stereocenters. The zero-order valence-electron chi connectivity index (χ0n) is 11.4. The summed E-state index contributed by atoms with van der Waals surface area (Å²) in [7, 11) is 0. The van der Waals surface area contributed by atoms with Gasteiger partial charge in [0, 0.05) is 0 Å². The van der Waals surface area contributed by atoms with Crippen molar-refractivity contribution in [2.75, 3.05) is 13.2 Å². The van der Waals surface area contributed by atoms with Gasteiger partial charge in [-0.3, -0.25) is 0 Å². The third-order valence-corrected chi connectivity index (χ3v) is 3.34. The van der Waals surface area contributed by atoms with Crippen LogP contribution in [0.25, 0.3) is 0 Å². The average Bonchev–Trinajstić information content (AvgIpc) is 3.16. The Morgan fingerprint density at radius 1 is 1.21 bits per heavy atom. The minimum atomic E-state index is -0.544. The number of rotatable bonds is 5. The van der Waals surface area contributed by atoms with Gasteiger partial charge in [0.25, 0.3) is 0 Å². The van der Waals surface area contributed by atoms with Gasteiger partial charge in [0.1, 0.15) is 18.3 Å². The summed E-state index contributed by atoms with van der Waals surface area (Å²) in [6.07, 6.45) is 0.115. The zero-order valence-corrected chi connectivity index (χ0v) is 11.4. The summed E-state index contributed by atoms with van der Waals surface area (Å²) in [6.45, 7) is 5.75. The fourth-order valence-corrected chi connectivity index (χ4v) is 2.42. The first-order valence-electron chi connectivity index (χ1n) is 6.73. The summed E-state index contributed by atoms with van der Waals surface area (Å²) in [5, 5.41) is 0. The molecule has 2 fully saturated rings. The summed E-state index contributed by atoms with van der Waals surface area (Å²) in [5.74, 6) is -0.544. The maximum Gasteiger partial charge on any atom is 0.164 e.